The van der Waals surface area contributed by atoms with E-state index < -0.39 is 6.03 Å². The van der Waals surface area contributed by atoms with Crippen molar-refractivity contribution in [2.24, 2.45) is 0 Å². The van der Waals surface area contributed by atoms with Gasteiger partial charge >= 0.3 is 6.03 Å². The molecule has 0 saturated carbocycles. The zero-order valence-electron chi connectivity index (χ0n) is 18.8. The van der Waals surface area contributed by atoms with E-state index in [0.717, 1.165) is 5.56 Å². The molecule has 0 spiro atoms. The minimum atomic E-state index is -0.403. The van der Waals surface area contributed by atoms with Crippen molar-refractivity contribution in [1.29, 1.82) is 0 Å². The van der Waals surface area contributed by atoms with Gasteiger partial charge in [0.1, 0.15) is 23.8 Å². The first-order valence-electron chi connectivity index (χ1n) is 10.4. The highest BCUT2D eigenvalue weighted by Gasteiger charge is 2.20. The summed E-state index contributed by atoms with van der Waals surface area (Å²) >= 11 is 0. The van der Waals surface area contributed by atoms with Crippen LogP contribution in [-0.4, -0.2) is 31.3 Å². The molecule has 2 aromatic carbocycles. The van der Waals surface area contributed by atoms with E-state index in [-0.39, 0.29) is 5.41 Å². The van der Waals surface area contributed by atoms with Crippen LogP contribution < -0.4 is 20.1 Å². The molecule has 2 amide bonds. The van der Waals surface area contributed by atoms with Gasteiger partial charge in [0.25, 0.3) is 0 Å². The number of rotatable bonds is 8. The van der Waals surface area contributed by atoms with Crippen LogP contribution in [0.5, 0.6) is 17.4 Å². The summed E-state index contributed by atoms with van der Waals surface area (Å²) in [7, 11) is 1.62. The number of nitrogens with one attached hydrogen (secondary N) is 2. The molecular weight excluding hydrogens is 406 g/mol. The van der Waals surface area contributed by atoms with Crippen molar-refractivity contribution in [2.75, 3.05) is 31.0 Å². The van der Waals surface area contributed by atoms with Crippen LogP contribution in [-0.2, 0) is 10.2 Å². The molecule has 0 unspecified atom stereocenters. The fraction of sp³-hybridized carbons (Fsp3) is 0.280. The van der Waals surface area contributed by atoms with Crippen molar-refractivity contribution in [2.45, 2.75) is 26.2 Å². The summed E-state index contributed by atoms with van der Waals surface area (Å²) in [5.41, 5.74) is 2.05. The molecule has 0 bridgehead atoms. The molecule has 3 aromatic rings. The molecule has 0 aliphatic heterocycles. The molecule has 168 valence electrons. The van der Waals surface area contributed by atoms with E-state index in [4.69, 9.17) is 14.2 Å². The van der Waals surface area contributed by atoms with E-state index in [0.29, 0.717) is 42.0 Å². The number of methoxy groups -OCH3 is 1. The smallest absolute Gasteiger partial charge is 0.323 e. The van der Waals surface area contributed by atoms with Crippen LogP contribution in [0.25, 0.3) is 0 Å². The normalized spacial score (nSPS) is 11.0. The minimum Gasteiger partial charge on any atom is -0.491 e. The van der Waals surface area contributed by atoms with Gasteiger partial charge < -0.3 is 24.8 Å². The molecule has 2 N–H and O–H groups in total. The molecule has 7 heteroatoms. The molecule has 0 radical (unpaired) electrons. The maximum absolute atomic E-state index is 12.6. The third kappa shape index (κ3) is 6.46. The fourth-order valence-electron chi connectivity index (χ4n) is 3.01. The third-order valence-electron chi connectivity index (χ3n) is 4.59. The Labute approximate surface area is 188 Å². The lowest BCUT2D eigenvalue weighted by molar-refractivity contribution is 0.146. The Morgan fingerprint density at radius 1 is 0.938 bits per heavy atom. The van der Waals surface area contributed by atoms with Gasteiger partial charge in [-0.15, -0.1) is 0 Å². The number of nitrogens with zero attached hydrogens (tertiary/aromatic N) is 1. The molecular formula is C25H29N3O4. The zero-order valence-corrected chi connectivity index (χ0v) is 18.8. The van der Waals surface area contributed by atoms with Gasteiger partial charge in [-0.1, -0.05) is 39.0 Å². The molecule has 0 aliphatic carbocycles. The average Bonchev–Trinajstić information content (AvgIpc) is 2.76. The van der Waals surface area contributed by atoms with Crippen LogP contribution in [0, 0.1) is 0 Å². The summed E-state index contributed by atoms with van der Waals surface area (Å²) in [6.45, 7) is 7.33. The summed E-state index contributed by atoms with van der Waals surface area (Å²) in [6.07, 6.45) is 1.63. The number of ether oxygens (including phenoxy) is 3. The van der Waals surface area contributed by atoms with Crippen LogP contribution in [0.15, 0.2) is 66.9 Å². The van der Waals surface area contributed by atoms with E-state index in [1.54, 1.807) is 49.7 Å². The zero-order chi connectivity index (χ0) is 23.0. The number of para-hydroxylation sites is 1. The number of hydrogen-bond donors (Lipinski definition) is 2. The Morgan fingerprint density at radius 2 is 1.69 bits per heavy atom. The van der Waals surface area contributed by atoms with Gasteiger partial charge in [-0.25, -0.2) is 9.78 Å². The lowest BCUT2D eigenvalue weighted by Gasteiger charge is -2.22. The van der Waals surface area contributed by atoms with Crippen molar-refractivity contribution < 1.29 is 19.0 Å². The van der Waals surface area contributed by atoms with Crippen molar-refractivity contribution >= 4 is 17.4 Å². The van der Waals surface area contributed by atoms with Gasteiger partial charge in [-0.2, -0.15) is 0 Å². The van der Waals surface area contributed by atoms with E-state index in [2.05, 4.69) is 36.4 Å². The van der Waals surface area contributed by atoms with Gasteiger partial charge in [-0.3, -0.25) is 0 Å². The molecule has 3 rings (SSSR count). The minimum absolute atomic E-state index is 0.101. The topological polar surface area (TPSA) is 81.7 Å². The SMILES string of the molecule is COCCOc1ccc(NC(=O)Nc2cccnc2Oc2ccccc2C(C)(C)C)cc1. The van der Waals surface area contributed by atoms with E-state index in [1.165, 1.54) is 0 Å². The second-order valence-electron chi connectivity index (χ2n) is 8.15. The Kier molecular flexibility index (Phi) is 7.68. The van der Waals surface area contributed by atoms with E-state index >= 15 is 0 Å². The van der Waals surface area contributed by atoms with Gasteiger partial charge in [0.05, 0.1) is 6.61 Å². The summed E-state index contributed by atoms with van der Waals surface area (Å²) < 4.78 is 16.6. The number of hydrogen-bond acceptors (Lipinski definition) is 5. The molecule has 32 heavy (non-hydrogen) atoms. The van der Waals surface area contributed by atoms with Crippen molar-refractivity contribution in [1.82, 2.24) is 4.98 Å². The second-order valence-corrected chi connectivity index (χ2v) is 8.15. The quantitative estimate of drug-likeness (QED) is 0.434. The highest BCUT2D eigenvalue weighted by molar-refractivity contribution is 6.00. The van der Waals surface area contributed by atoms with Crippen LogP contribution in [0.2, 0.25) is 0 Å². The Hall–Kier alpha value is -3.58. The van der Waals surface area contributed by atoms with E-state index in [9.17, 15) is 4.79 Å². The Morgan fingerprint density at radius 3 is 2.41 bits per heavy atom. The number of amides is 2. The predicted octanol–water partition coefficient (Wildman–Crippen LogP) is 5.84. The summed E-state index contributed by atoms with van der Waals surface area (Å²) in [6, 6.07) is 18.0. The van der Waals surface area contributed by atoms with Crippen LogP contribution in [0.3, 0.4) is 0 Å². The number of carbonyl (C=O) groups is 1. The predicted molar refractivity (Wildman–Crippen MR) is 126 cm³/mol. The maximum atomic E-state index is 12.6. The number of pyridine rings is 1. The third-order valence-corrected chi connectivity index (χ3v) is 4.59. The summed E-state index contributed by atoms with van der Waals surface area (Å²) in [5.74, 6) is 1.72. The average molecular weight is 436 g/mol. The highest BCUT2D eigenvalue weighted by Crippen LogP contribution is 2.35. The first-order chi connectivity index (χ1) is 15.4. The second kappa shape index (κ2) is 10.6. The molecule has 1 heterocycles. The Bertz CT molecular complexity index is 1030. The number of urea groups is 1. The number of aromatic nitrogens is 1. The molecule has 0 atom stereocenters. The first-order valence-corrected chi connectivity index (χ1v) is 10.4. The maximum Gasteiger partial charge on any atom is 0.323 e. The van der Waals surface area contributed by atoms with Gasteiger partial charge in [0.15, 0.2) is 0 Å². The largest absolute Gasteiger partial charge is 0.491 e. The standard InChI is InChI=1S/C25H29N3O4/c1-25(2,3)20-8-5-6-10-22(20)32-23-21(9-7-15-26-23)28-24(29)27-18-11-13-19(14-12-18)31-17-16-30-4/h5-15H,16-17H2,1-4H3,(H2,27,28,29). The van der Waals surface area contributed by atoms with Crippen LogP contribution >= 0.6 is 0 Å². The lowest BCUT2D eigenvalue weighted by atomic mass is 9.86. The molecule has 0 fully saturated rings. The number of benzene rings is 2. The first kappa shape index (κ1) is 23.1. The van der Waals surface area contributed by atoms with Crippen molar-refractivity contribution in [3.63, 3.8) is 0 Å². The van der Waals surface area contributed by atoms with Gasteiger partial charge in [0.2, 0.25) is 5.88 Å². The van der Waals surface area contributed by atoms with Crippen molar-refractivity contribution in [3.8, 4) is 17.4 Å². The summed E-state index contributed by atoms with van der Waals surface area (Å²) in [5, 5.41) is 5.61. The van der Waals surface area contributed by atoms with Crippen LogP contribution in [0.4, 0.5) is 16.2 Å². The van der Waals surface area contributed by atoms with Crippen molar-refractivity contribution in [3.05, 3.63) is 72.4 Å². The molecule has 0 saturated heterocycles. The van der Waals surface area contributed by atoms with Crippen LogP contribution in [0.1, 0.15) is 26.3 Å². The summed E-state index contributed by atoms with van der Waals surface area (Å²) in [4.78, 5) is 16.9. The van der Waals surface area contributed by atoms with Gasteiger partial charge in [0, 0.05) is 24.6 Å². The fourth-order valence-corrected chi connectivity index (χ4v) is 3.01. The number of anilines is 2. The molecule has 0 aliphatic rings. The molecule has 7 nitrogen and oxygen atoms in total. The van der Waals surface area contributed by atoms with E-state index in [1.807, 2.05) is 24.3 Å². The highest BCUT2D eigenvalue weighted by atomic mass is 16.5. The monoisotopic (exact) mass is 435 g/mol. The molecule has 1 aromatic heterocycles. The van der Waals surface area contributed by atoms with Gasteiger partial charge in [-0.05, 0) is 47.9 Å². The number of carbonyl (C=O) groups excluding carboxylic acids is 1. The Balaban J connectivity index is 1.67. The lowest BCUT2D eigenvalue weighted by Crippen LogP contribution is -2.20.